The normalized spacial score (nSPS) is 25.7. The van der Waals surface area contributed by atoms with Gasteiger partial charge in [0.2, 0.25) is 0 Å². The number of allylic oxidation sites excluding steroid dienone is 3. The van der Waals surface area contributed by atoms with E-state index in [0.717, 1.165) is 11.6 Å². The molecule has 1 N–H and O–H groups in total. The van der Waals surface area contributed by atoms with Crippen LogP contribution in [-0.4, -0.2) is 34.7 Å². The minimum Gasteiger partial charge on any atom is -0.481 e. The maximum absolute atomic E-state index is 12.9. The highest BCUT2D eigenvalue weighted by Crippen LogP contribution is 2.38. The van der Waals surface area contributed by atoms with Crippen LogP contribution < -0.4 is 0 Å². The van der Waals surface area contributed by atoms with Gasteiger partial charge in [-0.05, 0) is 49.8 Å². The quantitative estimate of drug-likeness (QED) is 0.591. The molecule has 3 nitrogen and oxygen atoms in total. The Hall–Kier alpha value is -1.50. The molecule has 1 unspecified atom stereocenters. The van der Waals surface area contributed by atoms with Gasteiger partial charge in [0.15, 0.2) is 0 Å². The zero-order valence-electron chi connectivity index (χ0n) is 15.6. The third kappa shape index (κ3) is 5.56. The molecule has 0 bridgehead atoms. The number of piperidine rings is 1. The molecule has 1 aromatic rings. The van der Waals surface area contributed by atoms with Crippen molar-refractivity contribution in [2.75, 3.05) is 6.54 Å². The molecule has 3 atom stereocenters. The molecule has 1 fully saturated rings. The van der Waals surface area contributed by atoms with E-state index in [4.69, 9.17) is 28.3 Å². The van der Waals surface area contributed by atoms with Crippen LogP contribution >= 0.6 is 23.2 Å². The maximum Gasteiger partial charge on any atom is 0.416 e. The predicted octanol–water partition coefficient (Wildman–Crippen LogP) is 6.11. The average molecular weight is 448 g/mol. The molecular weight excluding hydrogens is 426 g/mol. The molecule has 29 heavy (non-hydrogen) atoms. The summed E-state index contributed by atoms with van der Waals surface area (Å²) in [5, 5.41) is 10.3. The van der Waals surface area contributed by atoms with E-state index in [1.807, 2.05) is 0 Å². The second kappa shape index (κ2) is 9.11. The average Bonchev–Trinajstić information content (AvgIpc) is 2.64. The van der Waals surface area contributed by atoms with Crippen molar-refractivity contribution in [1.29, 1.82) is 0 Å². The lowest BCUT2D eigenvalue weighted by molar-refractivity contribution is -0.138. The minimum atomic E-state index is -4.36. The summed E-state index contributed by atoms with van der Waals surface area (Å²) < 4.78 is 38.8. The summed E-state index contributed by atoms with van der Waals surface area (Å²) in [6.07, 6.45) is 1.27. The summed E-state index contributed by atoms with van der Waals surface area (Å²) in [6, 6.07) is 5.20. The number of benzene rings is 1. The fraction of sp³-hybridized carbons (Fsp3) is 0.476. The minimum absolute atomic E-state index is 0.00291. The summed E-state index contributed by atoms with van der Waals surface area (Å²) in [5.74, 6) is -0.981. The smallest absolute Gasteiger partial charge is 0.416 e. The topological polar surface area (TPSA) is 40.5 Å². The molecule has 1 aliphatic carbocycles. The molecule has 0 radical (unpaired) electrons. The molecule has 158 valence electrons. The summed E-state index contributed by atoms with van der Waals surface area (Å²) in [6.45, 7) is 1.12. The van der Waals surface area contributed by atoms with E-state index in [9.17, 15) is 18.0 Å². The third-order valence-electron chi connectivity index (χ3n) is 5.71. The predicted molar refractivity (Wildman–Crippen MR) is 107 cm³/mol. The van der Waals surface area contributed by atoms with Gasteiger partial charge in [-0.1, -0.05) is 47.5 Å². The Morgan fingerprint density at radius 1 is 1.24 bits per heavy atom. The van der Waals surface area contributed by atoms with Crippen LogP contribution in [0.5, 0.6) is 0 Å². The Balaban J connectivity index is 1.81. The van der Waals surface area contributed by atoms with Crippen LogP contribution in [0, 0.1) is 11.8 Å². The van der Waals surface area contributed by atoms with Crippen molar-refractivity contribution in [1.82, 2.24) is 4.90 Å². The van der Waals surface area contributed by atoms with Crippen molar-refractivity contribution in [3.63, 3.8) is 0 Å². The van der Waals surface area contributed by atoms with Crippen LogP contribution in [0.3, 0.4) is 0 Å². The second-order valence-electron chi connectivity index (χ2n) is 7.64. The van der Waals surface area contributed by atoms with Crippen molar-refractivity contribution in [2.24, 2.45) is 11.8 Å². The number of hydrogen-bond donors (Lipinski definition) is 1. The number of halogens is 5. The lowest BCUT2D eigenvalue weighted by Gasteiger charge is -2.43. The number of alkyl halides is 3. The number of hydrogen-bond acceptors (Lipinski definition) is 2. The fourth-order valence-corrected chi connectivity index (χ4v) is 4.73. The largest absolute Gasteiger partial charge is 0.481 e. The van der Waals surface area contributed by atoms with Crippen molar-refractivity contribution in [3.8, 4) is 0 Å². The highest BCUT2D eigenvalue weighted by molar-refractivity contribution is 6.35. The van der Waals surface area contributed by atoms with E-state index >= 15 is 0 Å². The number of likely N-dealkylation sites (tertiary alicyclic amines) is 1. The van der Waals surface area contributed by atoms with Crippen molar-refractivity contribution < 1.29 is 23.1 Å². The lowest BCUT2D eigenvalue weighted by Crippen LogP contribution is -2.46. The van der Waals surface area contributed by atoms with E-state index < -0.39 is 17.7 Å². The fourth-order valence-electron chi connectivity index (χ4n) is 4.22. The van der Waals surface area contributed by atoms with E-state index in [1.165, 1.54) is 6.08 Å². The first kappa shape index (κ1) is 22.2. The molecule has 1 saturated heterocycles. The van der Waals surface area contributed by atoms with E-state index in [2.05, 4.69) is 4.90 Å². The van der Waals surface area contributed by atoms with Gasteiger partial charge < -0.3 is 5.11 Å². The molecule has 0 saturated carbocycles. The molecule has 8 heteroatoms. The Labute approximate surface area is 177 Å². The van der Waals surface area contributed by atoms with Gasteiger partial charge in [-0.15, -0.1) is 0 Å². The molecule has 1 aliphatic heterocycles. The molecule has 0 amide bonds. The lowest BCUT2D eigenvalue weighted by atomic mass is 9.79. The van der Waals surface area contributed by atoms with E-state index in [0.29, 0.717) is 36.0 Å². The van der Waals surface area contributed by atoms with Crippen LogP contribution in [0.4, 0.5) is 13.2 Å². The standard InChI is InChI=1S/C21H22Cl2F3NO2/c22-17-2-1-3-18(23)16(17)12-27-9-8-13(11-20(28)29)10-19(27)14-4-6-15(7-5-14)21(24,25)26/h1-4,6-7,13-14,19H,5,8-12H2,(H,28,29)/t13-,14?,19+/m0/s1. The van der Waals surface area contributed by atoms with Crippen LogP contribution in [0.1, 0.15) is 31.2 Å². The first-order valence-electron chi connectivity index (χ1n) is 9.49. The van der Waals surface area contributed by atoms with Gasteiger partial charge >= 0.3 is 12.1 Å². The zero-order valence-corrected chi connectivity index (χ0v) is 17.1. The Morgan fingerprint density at radius 2 is 1.93 bits per heavy atom. The first-order chi connectivity index (χ1) is 13.6. The Kier molecular flexibility index (Phi) is 6.97. The van der Waals surface area contributed by atoms with Crippen molar-refractivity contribution >= 4 is 29.2 Å². The van der Waals surface area contributed by atoms with Crippen molar-refractivity contribution in [2.45, 2.75) is 44.4 Å². The molecule has 0 aromatic heterocycles. The number of carboxylic acids is 1. The van der Waals surface area contributed by atoms with Crippen LogP contribution in [0.2, 0.25) is 10.0 Å². The number of carboxylic acid groups (broad SMARTS) is 1. The molecule has 0 spiro atoms. The maximum atomic E-state index is 12.9. The second-order valence-corrected chi connectivity index (χ2v) is 8.46. The highest BCUT2D eigenvalue weighted by atomic mass is 35.5. The number of rotatable bonds is 5. The summed E-state index contributed by atoms with van der Waals surface area (Å²) >= 11 is 12.6. The van der Waals surface area contributed by atoms with Gasteiger partial charge in [-0.25, -0.2) is 0 Å². The van der Waals surface area contributed by atoms with Crippen molar-refractivity contribution in [3.05, 3.63) is 57.6 Å². The van der Waals surface area contributed by atoms with E-state index in [-0.39, 0.29) is 30.7 Å². The number of nitrogens with zero attached hydrogens (tertiary/aromatic N) is 1. The van der Waals surface area contributed by atoms with Crippen LogP contribution in [0.25, 0.3) is 0 Å². The molecular formula is C21H22Cl2F3NO2. The van der Waals surface area contributed by atoms with Gasteiger partial charge in [0.05, 0.1) is 5.57 Å². The summed E-state index contributed by atoms with van der Waals surface area (Å²) in [7, 11) is 0. The number of aliphatic carboxylic acids is 1. The number of carbonyl (C=O) groups is 1. The van der Waals surface area contributed by atoms with Gasteiger partial charge in [0.1, 0.15) is 0 Å². The van der Waals surface area contributed by atoms with Gasteiger partial charge in [0.25, 0.3) is 0 Å². The highest BCUT2D eigenvalue weighted by Gasteiger charge is 2.37. The zero-order chi connectivity index (χ0) is 21.2. The third-order valence-corrected chi connectivity index (χ3v) is 6.42. The first-order valence-corrected chi connectivity index (χ1v) is 10.2. The summed E-state index contributed by atoms with van der Waals surface area (Å²) in [5.41, 5.74) is 0.149. The van der Waals surface area contributed by atoms with Crippen LogP contribution in [-0.2, 0) is 11.3 Å². The van der Waals surface area contributed by atoms with Crippen LogP contribution in [0.15, 0.2) is 42.0 Å². The summed E-state index contributed by atoms with van der Waals surface area (Å²) in [4.78, 5) is 13.3. The SMILES string of the molecule is O=C(O)C[C@H]1CCN(Cc2c(Cl)cccc2Cl)[C@@H](C2C=CC(C(F)(F)F)=CC2)C1. The van der Waals surface area contributed by atoms with E-state index in [1.54, 1.807) is 24.3 Å². The molecule has 1 heterocycles. The van der Waals surface area contributed by atoms with Gasteiger partial charge in [0, 0.05) is 34.6 Å². The Morgan fingerprint density at radius 3 is 2.48 bits per heavy atom. The molecule has 3 rings (SSSR count). The molecule has 2 aliphatic rings. The Bertz CT molecular complexity index is 802. The monoisotopic (exact) mass is 447 g/mol. The van der Waals surface area contributed by atoms with Gasteiger partial charge in [-0.2, -0.15) is 13.2 Å². The molecule has 1 aromatic carbocycles. The van der Waals surface area contributed by atoms with Gasteiger partial charge in [-0.3, -0.25) is 9.69 Å².